The average molecular weight is 388 g/mol. The van der Waals surface area contributed by atoms with E-state index in [1.807, 2.05) is 48.4 Å². The van der Waals surface area contributed by atoms with Crippen molar-refractivity contribution in [3.8, 4) is 11.4 Å². The maximum absolute atomic E-state index is 13.2. The number of carbonyl (C=O) groups is 1. The van der Waals surface area contributed by atoms with Gasteiger partial charge >= 0.3 is 0 Å². The Hall–Kier alpha value is -3.02. The molecule has 1 atom stereocenters. The molecule has 0 N–H and O–H groups in total. The molecule has 29 heavy (non-hydrogen) atoms. The molecule has 0 radical (unpaired) electrons. The van der Waals surface area contributed by atoms with Crippen LogP contribution >= 0.6 is 0 Å². The summed E-state index contributed by atoms with van der Waals surface area (Å²) >= 11 is 0. The number of benzene rings is 1. The van der Waals surface area contributed by atoms with E-state index in [9.17, 15) is 4.79 Å². The molecule has 2 aliphatic rings. The normalized spacial score (nSPS) is 20.8. The SMILES string of the molecule is Cc1noc(C)c1C(=O)N1CCCC2(CCc3cnc(-c4ccccc4)nc32)C1. The molecule has 2 aromatic heterocycles. The summed E-state index contributed by atoms with van der Waals surface area (Å²) in [5.41, 5.74) is 4.55. The summed E-state index contributed by atoms with van der Waals surface area (Å²) in [5.74, 6) is 1.37. The second kappa shape index (κ2) is 6.79. The highest BCUT2D eigenvalue weighted by molar-refractivity contribution is 5.96. The Bertz CT molecular complexity index is 1050. The van der Waals surface area contributed by atoms with Crippen molar-refractivity contribution >= 4 is 5.91 Å². The lowest BCUT2D eigenvalue weighted by molar-refractivity contribution is 0.0631. The molecule has 3 aromatic rings. The first-order chi connectivity index (χ1) is 14.1. The van der Waals surface area contributed by atoms with Crippen LogP contribution in [-0.4, -0.2) is 39.0 Å². The third kappa shape index (κ3) is 2.94. The van der Waals surface area contributed by atoms with Gasteiger partial charge in [0.25, 0.3) is 5.91 Å². The molecular formula is C23H24N4O2. The number of rotatable bonds is 2. The zero-order chi connectivity index (χ0) is 20.0. The Labute approximate surface area is 170 Å². The van der Waals surface area contributed by atoms with Crippen LogP contribution in [0.2, 0.25) is 0 Å². The van der Waals surface area contributed by atoms with E-state index < -0.39 is 0 Å². The first-order valence-corrected chi connectivity index (χ1v) is 10.2. The first-order valence-electron chi connectivity index (χ1n) is 10.2. The van der Waals surface area contributed by atoms with E-state index in [4.69, 9.17) is 9.51 Å². The Kier molecular flexibility index (Phi) is 4.23. The third-order valence-electron chi connectivity index (χ3n) is 6.38. The quantitative estimate of drug-likeness (QED) is 0.666. The molecule has 1 fully saturated rings. The fraction of sp³-hybridized carbons (Fsp3) is 0.391. The zero-order valence-electron chi connectivity index (χ0n) is 16.8. The average Bonchev–Trinajstić information content (AvgIpc) is 3.27. The lowest BCUT2D eigenvalue weighted by atomic mass is 9.77. The molecule has 148 valence electrons. The van der Waals surface area contributed by atoms with Gasteiger partial charge in [0, 0.05) is 30.3 Å². The molecule has 1 aliphatic carbocycles. The summed E-state index contributed by atoms with van der Waals surface area (Å²) in [6.45, 7) is 5.08. The van der Waals surface area contributed by atoms with Crippen LogP contribution in [0.4, 0.5) is 0 Å². The van der Waals surface area contributed by atoms with Crippen molar-refractivity contribution in [3.63, 3.8) is 0 Å². The van der Waals surface area contributed by atoms with E-state index in [0.29, 0.717) is 23.6 Å². The summed E-state index contributed by atoms with van der Waals surface area (Å²) in [6, 6.07) is 10.1. The predicted molar refractivity (Wildman–Crippen MR) is 109 cm³/mol. The van der Waals surface area contributed by atoms with Gasteiger partial charge in [0.15, 0.2) is 5.82 Å². The molecule has 1 aliphatic heterocycles. The summed E-state index contributed by atoms with van der Waals surface area (Å²) < 4.78 is 5.23. The number of aryl methyl sites for hydroxylation is 3. The number of amides is 1. The molecular weight excluding hydrogens is 364 g/mol. The van der Waals surface area contributed by atoms with E-state index in [1.165, 1.54) is 5.56 Å². The molecule has 1 amide bonds. The molecule has 0 saturated carbocycles. The second-order valence-electron chi connectivity index (χ2n) is 8.24. The topological polar surface area (TPSA) is 72.1 Å². The predicted octanol–water partition coefficient (Wildman–Crippen LogP) is 3.87. The number of likely N-dealkylation sites (tertiary alicyclic amines) is 1. The van der Waals surface area contributed by atoms with Crippen molar-refractivity contribution < 1.29 is 9.32 Å². The monoisotopic (exact) mass is 388 g/mol. The van der Waals surface area contributed by atoms with Crippen LogP contribution in [0.25, 0.3) is 11.4 Å². The Morgan fingerprint density at radius 2 is 2.00 bits per heavy atom. The van der Waals surface area contributed by atoms with E-state index in [-0.39, 0.29) is 11.3 Å². The molecule has 5 rings (SSSR count). The highest BCUT2D eigenvalue weighted by Gasteiger charge is 2.45. The highest BCUT2D eigenvalue weighted by atomic mass is 16.5. The summed E-state index contributed by atoms with van der Waals surface area (Å²) in [5, 5.41) is 3.96. The first kappa shape index (κ1) is 18.0. The van der Waals surface area contributed by atoms with Gasteiger partial charge in [-0.05, 0) is 45.1 Å². The van der Waals surface area contributed by atoms with Crippen molar-refractivity contribution in [2.45, 2.75) is 44.9 Å². The number of carbonyl (C=O) groups excluding carboxylic acids is 1. The molecule has 3 heterocycles. The lowest BCUT2D eigenvalue weighted by Crippen LogP contribution is -2.48. The van der Waals surface area contributed by atoms with Gasteiger partial charge < -0.3 is 9.42 Å². The summed E-state index contributed by atoms with van der Waals surface area (Å²) in [7, 11) is 0. The minimum Gasteiger partial charge on any atom is -0.361 e. The number of nitrogens with zero attached hydrogens (tertiary/aromatic N) is 4. The lowest BCUT2D eigenvalue weighted by Gasteiger charge is -2.40. The second-order valence-corrected chi connectivity index (χ2v) is 8.24. The molecule has 6 heteroatoms. The van der Waals surface area contributed by atoms with Gasteiger partial charge in [-0.2, -0.15) is 0 Å². The Balaban J connectivity index is 1.49. The minimum absolute atomic E-state index is 0.0195. The van der Waals surface area contributed by atoms with Gasteiger partial charge in [0.05, 0.1) is 11.4 Å². The van der Waals surface area contributed by atoms with Gasteiger partial charge in [-0.3, -0.25) is 4.79 Å². The van der Waals surface area contributed by atoms with E-state index in [0.717, 1.165) is 49.3 Å². The van der Waals surface area contributed by atoms with Gasteiger partial charge in [-0.25, -0.2) is 9.97 Å². The van der Waals surface area contributed by atoms with Crippen molar-refractivity contribution in [3.05, 3.63) is 64.8 Å². The van der Waals surface area contributed by atoms with Crippen LogP contribution in [0.15, 0.2) is 41.1 Å². The van der Waals surface area contributed by atoms with Crippen LogP contribution in [0.3, 0.4) is 0 Å². The van der Waals surface area contributed by atoms with Crippen molar-refractivity contribution in [1.29, 1.82) is 0 Å². The van der Waals surface area contributed by atoms with Crippen molar-refractivity contribution in [2.75, 3.05) is 13.1 Å². The highest BCUT2D eigenvalue weighted by Crippen LogP contribution is 2.44. The molecule has 1 aromatic carbocycles. The third-order valence-corrected chi connectivity index (χ3v) is 6.38. The molecule has 1 unspecified atom stereocenters. The number of hydrogen-bond donors (Lipinski definition) is 0. The van der Waals surface area contributed by atoms with Crippen molar-refractivity contribution in [1.82, 2.24) is 20.0 Å². The summed E-state index contributed by atoms with van der Waals surface area (Å²) in [6.07, 6.45) is 5.99. The molecule has 1 spiro atoms. The maximum Gasteiger partial charge on any atom is 0.259 e. The standard InChI is InChI=1S/C23H24N4O2/c1-15-19(16(2)29-26-15)22(28)27-12-6-10-23(14-27)11-9-18-13-24-21(25-20(18)23)17-7-4-3-5-8-17/h3-5,7-8,13H,6,9-12,14H2,1-2H3. The largest absolute Gasteiger partial charge is 0.361 e. The van der Waals surface area contributed by atoms with Gasteiger partial charge in [0.1, 0.15) is 11.3 Å². The maximum atomic E-state index is 13.2. The van der Waals surface area contributed by atoms with Crippen LogP contribution in [0.5, 0.6) is 0 Å². The van der Waals surface area contributed by atoms with E-state index >= 15 is 0 Å². The van der Waals surface area contributed by atoms with Gasteiger partial charge in [0.2, 0.25) is 0 Å². The summed E-state index contributed by atoms with van der Waals surface area (Å²) in [4.78, 5) is 24.8. The number of piperidine rings is 1. The van der Waals surface area contributed by atoms with Crippen LogP contribution in [-0.2, 0) is 11.8 Å². The number of hydrogen-bond acceptors (Lipinski definition) is 5. The Morgan fingerprint density at radius 3 is 2.76 bits per heavy atom. The minimum atomic E-state index is -0.0886. The van der Waals surface area contributed by atoms with Crippen LogP contribution in [0.1, 0.15) is 52.3 Å². The van der Waals surface area contributed by atoms with Crippen molar-refractivity contribution in [2.24, 2.45) is 0 Å². The van der Waals surface area contributed by atoms with Gasteiger partial charge in [-0.1, -0.05) is 35.5 Å². The van der Waals surface area contributed by atoms with E-state index in [2.05, 4.69) is 10.1 Å². The van der Waals surface area contributed by atoms with Gasteiger partial charge in [-0.15, -0.1) is 0 Å². The van der Waals surface area contributed by atoms with Crippen LogP contribution in [0, 0.1) is 13.8 Å². The fourth-order valence-electron chi connectivity index (χ4n) is 4.92. The fourth-order valence-corrected chi connectivity index (χ4v) is 4.92. The smallest absolute Gasteiger partial charge is 0.259 e. The number of fused-ring (bicyclic) bond motifs is 2. The Morgan fingerprint density at radius 1 is 1.17 bits per heavy atom. The molecule has 0 bridgehead atoms. The van der Waals surface area contributed by atoms with E-state index in [1.54, 1.807) is 6.92 Å². The number of aromatic nitrogens is 3. The van der Waals surface area contributed by atoms with Crippen LogP contribution < -0.4 is 0 Å². The zero-order valence-corrected chi connectivity index (χ0v) is 16.8. The molecule has 6 nitrogen and oxygen atoms in total. The molecule has 1 saturated heterocycles.